The first-order valence-electron chi connectivity index (χ1n) is 10.6. The van der Waals surface area contributed by atoms with Gasteiger partial charge < -0.3 is 30.2 Å². The summed E-state index contributed by atoms with van der Waals surface area (Å²) in [7, 11) is 0. The minimum absolute atomic E-state index is 0.0135. The quantitative estimate of drug-likeness (QED) is 0.519. The Bertz CT molecular complexity index is 933. The molecule has 0 fully saturated rings. The molecular formula is C24H32N2O4. The minimum Gasteiger partial charge on any atom is -0.511 e. The van der Waals surface area contributed by atoms with Crippen LogP contribution in [-0.4, -0.2) is 52.7 Å². The van der Waals surface area contributed by atoms with Crippen LogP contribution in [0.5, 0.6) is 11.5 Å². The molecule has 4 N–H and O–H groups in total. The summed E-state index contributed by atoms with van der Waals surface area (Å²) in [4.78, 5) is 4.21. The topological polar surface area (TPSA) is 87.4 Å². The number of rotatable bonds is 8. The van der Waals surface area contributed by atoms with E-state index >= 15 is 0 Å². The number of phenols is 2. The highest BCUT2D eigenvalue weighted by Gasteiger charge is 2.43. The molecule has 0 saturated carbocycles. The van der Waals surface area contributed by atoms with Gasteiger partial charge in [0.15, 0.2) is 0 Å². The molecule has 0 amide bonds. The van der Waals surface area contributed by atoms with E-state index in [4.69, 9.17) is 0 Å². The molecule has 0 saturated heterocycles. The highest BCUT2D eigenvalue weighted by atomic mass is 16.3. The maximum absolute atomic E-state index is 10.8. The van der Waals surface area contributed by atoms with E-state index in [0.717, 1.165) is 37.6 Å². The van der Waals surface area contributed by atoms with Crippen molar-refractivity contribution < 1.29 is 20.4 Å². The van der Waals surface area contributed by atoms with Crippen LogP contribution in [0.3, 0.4) is 0 Å². The fraction of sp³-hybridized carbons (Fsp3) is 0.417. The Morgan fingerprint density at radius 1 is 0.733 bits per heavy atom. The summed E-state index contributed by atoms with van der Waals surface area (Å²) in [6.45, 7) is 11.4. The fourth-order valence-electron chi connectivity index (χ4n) is 4.27. The molecule has 30 heavy (non-hydrogen) atoms. The Labute approximate surface area is 178 Å². The lowest BCUT2D eigenvalue weighted by molar-refractivity contribution is 0.151. The molecule has 3 rings (SSSR count). The molecule has 2 atom stereocenters. The minimum atomic E-state index is -1.01. The Morgan fingerprint density at radius 2 is 1.23 bits per heavy atom. The zero-order valence-corrected chi connectivity index (χ0v) is 18.1. The summed E-state index contributed by atoms with van der Waals surface area (Å²) in [5, 5.41) is 42.6. The molecule has 6 nitrogen and oxygen atoms in total. The van der Waals surface area contributed by atoms with Crippen molar-refractivity contribution in [1.82, 2.24) is 0 Å². The molecule has 2 aromatic rings. The average molecular weight is 413 g/mol. The van der Waals surface area contributed by atoms with Gasteiger partial charge in [0, 0.05) is 66.4 Å². The van der Waals surface area contributed by atoms with E-state index in [1.807, 2.05) is 39.8 Å². The smallest absolute Gasteiger partial charge is 0.125 e. The van der Waals surface area contributed by atoms with Crippen molar-refractivity contribution in [1.29, 1.82) is 0 Å². The summed E-state index contributed by atoms with van der Waals surface area (Å²) in [6, 6.07) is 10.5. The molecule has 2 aromatic carbocycles. The summed E-state index contributed by atoms with van der Waals surface area (Å²) in [5.74, 6) is -0.693. The zero-order chi connectivity index (χ0) is 22.0. The van der Waals surface area contributed by atoms with Crippen molar-refractivity contribution in [2.75, 3.05) is 36.0 Å². The zero-order valence-electron chi connectivity index (χ0n) is 18.1. The van der Waals surface area contributed by atoms with Crippen molar-refractivity contribution in [3.05, 3.63) is 53.3 Å². The Balaban J connectivity index is 1.92. The first kappa shape index (κ1) is 21.8. The van der Waals surface area contributed by atoms with Crippen molar-refractivity contribution in [3.8, 4) is 11.5 Å². The average Bonchev–Trinajstić information content (AvgIpc) is 2.73. The van der Waals surface area contributed by atoms with Gasteiger partial charge in [0.2, 0.25) is 0 Å². The van der Waals surface area contributed by atoms with Crippen molar-refractivity contribution >= 4 is 16.9 Å². The molecule has 1 aliphatic carbocycles. The van der Waals surface area contributed by atoms with Crippen molar-refractivity contribution in [3.63, 3.8) is 0 Å². The second kappa shape index (κ2) is 8.88. The van der Waals surface area contributed by atoms with Crippen LogP contribution in [0.2, 0.25) is 0 Å². The third-order valence-electron chi connectivity index (χ3n) is 6.06. The highest BCUT2D eigenvalue weighted by Crippen LogP contribution is 2.50. The van der Waals surface area contributed by atoms with Crippen molar-refractivity contribution in [2.24, 2.45) is 0 Å². The van der Waals surface area contributed by atoms with Crippen LogP contribution in [0, 0.1) is 0 Å². The first-order valence-corrected chi connectivity index (χ1v) is 10.6. The first-order chi connectivity index (χ1) is 14.4. The Hall–Kier alpha value is -2.86. The van der Waals surface area contributed by atoms with Gasteiger partial charge in [-0.25, -0.2) is 0 Å². The third-order valence-corrected chi connectivity index (χ3v) is 6.06. The van der Waals surface area contributed by atoms with E-state index in [2.05, 4.69) is 9.80 Å². The van der Waals surface area contributed by atoms with Crippen LogP contribution in [0.15, 0.2) is 42.2 Å². The molecular weight excluding hydrogens is 380 g/mol. The molecule has 0 spiro atoms. The second-order valence-corrected chi connectivity index (χ2v) is 7.51. The van der Waals surface area contributed by atoms with Crippen LogP contribution in [0.4, 0.5) is 11.4 Å². The predicted molar refractivity (Wildman–Crippen MR) is 122 cm³/mol. The van der Waals surface area contributed by atoms with Crippen LogP contribution < -0.4 is 9.80 Å². The van der Waals surface area contributed by atoms with Crippen molar-refractivity contribution in [2.45, 2.75) is 39.7 Å². The number of aliphatic hydroxyl groups excluding tert-OH is 2. The molecule has 0 aliphatic heterocycles. The maximum Gasteiger partial charge on any atom is 0.125 e. The number of benzene rings is 2. The highest BCUT2D eigenvalue weighted by molar-refractivity contribution is 5.83. The molecule has 0 bridgehead atoms. The fourth-order valence-corrected chi connectivity index (χ4v) is 4.27. The normalized spacial score (nSPS) is 18.3. The van der Waals surface area contributed by atoms with Crippen LogP contribution in [0.25, 0.3) is 5.57 Å². The van der Waals surface area contributed by atoms with Gasteiger partial charge in [0.1, 0.15) is 17.3 Å². The lowest BCUT2D eigenvalue weighted by Crippen LogP contribution is -2.33. The van der Waals surface area contributed by atoms with Crippen LogP contribution in [-0.2, 0) is 0 Å². The summed E-state index contributed by atoms with van der Waals surface area (Å²) >= 11 is 0. The molecule has 6 heteroatoms. The van der Waals surface area contributed by atoms with Gasteiger partial charge in [-0.1, -0.05) is 6.07 Å². The summed E-state index contributed by atoms with van der Waals surface area (Å²) < 4.78 is 0. The largest absolute Gasteiger partial charge is 0.511 e. The number of aliphatic hydroxyl groups is 2. The lowest BCUT2D eigenvalue weighted by atomic mass is 9.73. The van der Waals surface area contributed by atoms with Gasteiger partial charge in [-0.05, 0) is 45.9 Å². The monoisotopic (exact) mass is 412 g/mol. The van der Waals surface area contributed by atoms with Gasteiger partial charge in [0.25, 0.3) is 0 Å². The molecule has 0 heterocycles. The lowest BCUT2D eigenvalue weighted by Gasteiger charge is -2.36. The van der Waals surface area contributed by atoms with Gasteiger partial charge >= 0.3 is 0 Å². The predicted octanol–water partition coefficient (Wildman–Crippen LogP) is 4.22. The van der Waals surface area contributed by atoms with Gasteiger partial charge in [-0.3, -0.25) is 0 Å². The molecule has 162 valence electrons. The number of nitrogens with zero attached hydrogens (tertiary/aromatic N) is 2. The maximum atomic E-state index is 10.8. The summed E-state index contributed by atoms with van der Waals surface area (Å²) in [5.41, 5.74) is 2.96. The van der Waals surface area contributed by atoms with E-state index < -0.39 is 12.0 Å². The van der Waals surface area contributed by atoms with E-state index in [0.29, 0.717) is 16.7 Å². The Morgan fingerprint density at radius 3 is 1.67 bits per heavy atom. The molecule has 0 aromatic heterocycles. The molecule has 0 radical (unpaired) electrons. The van der Waals surface area contributed by atoms with Gasteiger partial charge in [0.05, 0.1) is 12.0 Å². The van der Waals surface area contributed by atoms with E-state index in [1.165, 1.54) is 0 Å². The van der Waals surface area contributed by atoms with Gasteiger partial charge in [-0.15, -0.1) is 0 Å². The number of anilines is 2. The summed E-state index contributed by atoms with van der Waals surface area (Å²) in [6.07, 6.45) is -1.01. The number of aromatic hydroxyl groups is 2. The van der Waals surface area contributed by atoms with E-state index in [1.54, 1.807) is 24.3 Å². The SMILES string of the molecule is CCN(CC)c1ccc(C2=C(O)C(c3ccc(N(CC)CC)cc3O)C2O)c(O)c1. The van der Waals surface area contributed by atoms with Crippen LogP contribution in [0.1, 0.15) is 44.7 Å². The number of hydrogen-bond acceptors (Lipinski definition) is 6. The third kappa shape index (κ3) is 3.67. The Kier molecular flexibility index (Phi) is 6.46. The molecule has 1 aliphatic rings. The standard InChI is InChI=1S/C24H32N2O4/c1-5-25(6-2)15-9-11-17(19(27)13-15)21-23(29)22(24(21)30)18-12-10-16(14-20(18)28)26(7-3)8-4/h9-14,21,23,27-30H,5-8H2,1-4H3. The van der Waals surface area contributed by atoms with E-state index in [-0.39, 0.29) is 17.3 Å². The van der Waals surface area contributed by atoms with Gasteiger partial charge in [-0.2, -0.15) is 0 Å². The second-order valence-electron chi connectivity index (χ2n) is 7.51. The number of phenolic OH excluding ortho intramolecular Hbond substituents is 2. The number of hydrogen-bond donors (Lipinski definition) is 4. The van der Waals surface area contributed by atoms with Crippen LogP contribution >= 0.6 is 0 Å². The molecule has 2 unspecified atom stereocenters. The van der Waals surface area contributed by atoms with E-state index in [9.17, 15) is 20.4 Å².